The first-order valence-electron chi connectivity index (χ1n) is 5.47. The Hall–Kier alpha value is -1.06. The fourth-order valence-corrected chi connectivity index (χ4v) is 2.48. The smallest absolute Gasteiger partial charge is 0.0933 e. The van der Waals surface area contributed by atoms with Gasteiger partial charge in [-0.3, -0.25) is 4.84 Å². The van der Waals surface area contributed by atoms with Crippen molar-refractivity contribution in [3.63, 3.8) is 0 Å². The second-order valence-corrected chi connectivity index (χ2v) is 4.06. The molecule has 82 valence electrons. The van der Waals surface area contributed by atoms with Crippen LogP contribution in [0.3, 0.4) is 0 Å². The highest BCUT2D eigenvalue weighted by molar-refractivity contribution is 5.61. The molecule has 1 aromatic carbocycles. The highest BCUT2D eigenvalue weighted by Gasteiger charge is 2.26. The minimum absolute atomic E-state index is 0.507. The van der Waals surface area contributed by atoms with Crippen LogP contribution in [0, 0.1) is 0 Å². The Labute approximate surface area is 90.8 Å². The zero-order chi connectivity index (χ0) is 10.8. The Morgan fingerprint density at radius 1 is 1.53 bits per heavy atom. The van der Waals surface area contributed by atoms with Crippen molar-refractivity contribution < 1.29 is 4.84 Å². The van der Waals surface area contributed by atoms with Gasteiger partial charge in [0.05, 0.1) is 6.61 Å². The summed E-state index contributed by atoms with van der Waals surface area (Å²) >= 11 is 0. The molecule has 0 aliphatic carbocycles. The van der Waals surface area contributed by atoms with E-state index in [1.54, 1.807) is 0 Å². The molecule has 1 heterocycles. The number of nitrogens with zero attached hydrogens (tertiary/aromatic N) is 1. The normalized spacial score (nSPS) is 19.4. The Bertz CT molecular complexity index is 351. The molecule has 1 aliphatic rings. The molecule has 0 radical (unpaired) electrons. The van der Waals surface area contributed by atoms with Gasteiger partial charge in [0.2, 0.25) is 0 Å². The maximum absolute atomic E-state index is 5.14. The van der Waals surface area contributed by atoms with Crippen LogP contribution in [0.25, 0.3) is 0 Å². The average Bonchev–Trinajstić information content (AvgIpc) is 2.55. The molecule has 0 bridgehead atoms. The summed E-state index contributed by atoms with van der Waals surface area (Å²) in [5.74, 6) is 5.14. The minimum Gasteiger partial charge on any atom is -0.369 e. The third-order valence-electron chi connectivity index (χ3n) is 3.17. The highest BCUT2D eigenvalue weighted by Crippen LogP contribution is 2.34. The van der Waals surface area contributed by atoms with Gasteiger partial charge in [-0.1, -0.05) is 12.1 Å². The molecule has 1 atom stereocenters. The van der Waals surface area contributed by atoms with Crippen LogP contribution < -0.4 is 10.8 Å². The first kappa shape index (κ1) is 10.5. The van der Waals surface area contributed by atoms with Gasteiger partial charge < -0.3 is 4.90 Å². The summed E-state index contributed by atoms with van der Waals surface area (Å²) in [6, 6.07) is 6.94. The zero-order valence-electron chi connectivity index (χ0n) is 9.36. The molecule has 0 amide bonds. The number of benzene rings is 1. The number of likely N-dealkylation sites (N-methyl/N-ethyl adjacent to an activating group) is 1. The van der Waals surface area contributed by atoms with Crippen molar-refractivity contribution in [2.75, 3.05) is 11.4 Å². The first-order chi connectivity index (χ1) is 7.27. The maximum atomic E-state index is 5.14. The molecule has 1 unspecified atom stereocenters. The lowest BCUT2D eigenvalue weighted by molar-refractivity contribution is 0.123. The van der Waals surface area contributed by atoms with Crippen LogP contribution in [0.1, 0.15) is 25.0 Å². The predicted octanol–water partition coefficient (Wildman–Crippen LogP) is 1.85. The lowest BCUT2D eigenvalue weighted by Gasteiger charge is -2.22. The van der Waals surface area contributed by atoms with E-state index < -0.39 is 0 Å². The van der Waals surface area contributed by atoms with Crippen molar-refractivity contribution in [3.05, 3.63) is 29.3 Å². The summed E-state index contributed by atoms with van der Waals surface area (Å²) in [6.45, 7) is 6.02. The van der Waals surface area contributed by atoms with Gasteiger partial charge in [-0.2, -0.15) is 0 Å². The summed E-state index contributed by atoms with van der Waals surface area (Å²) in [4.78, 5) is 7.16. The molecule has 3 heteroatoms. The summed E-state index contributed by atoms with van der Waals surface area (Å²) in [6.07, 6.45) is 1.10. The van der Waals surface area contributed by atoms with Crippen LogP contribution in [0.5, 0.6) is 0 Å². The summed E-state index contributed by atoms with van der Waals surface area (Å²) < 4.78 is 0. The molecule has 2 N–H and O–H groups in total. The molecule has 0 saturated carbocycles. The van der Waals surface area contributed by atoms with Crippen molar-refractivity contribution >= 4 is 5.69 Å². The van der Waals surface area contributed by atoms with Gasteiger partial charge in [0, 0.05) is 18.3 Å². The van der Waals surface area contributed by atoms with Crippen molar-refractivity contribution in [2.24, 2.45) is 5.90 Å². The molecule has 1 aromatic rings. The van der Waals surface area contributed by atoms with Crippen LogP contribution in [-0.4, -0.2) is 12.6 Å². The monoisotopic (exact) mass is 206 g/mol. The first-order valence-corrected chi connectivity index (χ1v) is 5.47. The van der Waals surface area contributed by atoms with E-state index in [2.05, 4.69) is 36.9 Å². The SMILES string of the molecule is CCN1c2cccc(CON)c2CC1C. The zero-order valence-corrected chi connectivity index (χ0v) is 9.36. The molecule has 15 heavy (non-hydrogen) atoms. The van der Waals surface area contributed by atoms with E-state index in [1.165, 1.54) is 16.8 Å². The van der Waals surface area contributed by atoms with Gasteiger partial charge in [0.1, 0.15) is 0 Å². The maximum Gasteiger partial charge on any atom is 0.0933 e. The second kappa shape index (κ2) is 4.21. The summed E-state index contributed by atoms with van der Waals surface area (Å²) in [7, 11) is 0. The van der Waals surface area contributed by atoms with Crippen LogP contribution in [-0.2, 0) is 17.9 Å². The lowest BCUT2D eigenvalue weighted by Crippen LogP contribution is -2.28. The van der Waals surface area contributed by atoms with E-state index in [0.29, 0.717) is 12.6 Å². The fourth-order valence-electron chi connectivity index (χ4n) is 2.48. The van der Waals surface area contributed by atoms with Crippen LogP contribution in [0.4, 0.5) is 5.69 Å². The Balaban J connectivity index is 2.38. The number of nitrogens with two attached hydrogens (primary N) is 1. The van der Waals surface area contributed by atoms with Gasteiger partial charge in [-0.25, -0.2) is 5.90 Å². The number of anilines is 1. The molecule has 1 aliphatic heterocycles. The third kappa shape index (κ3) is 1.73. The Morgan fingerprint density at radius 2 is 2.33 bits per heavy atom. The van der Waals surface area contributed by atoms with E-state index >= 15 is 0 Å². The largest absolute Gasteiger partial charge is 0.369 e. The van der Waals surface area contributed by atoms with Gasteiger partial charge in [0.15, 0.2) is 0 Å². The van der Waals surface area contributed by atoms with E-state index in [9.17, 15) is 0 Å². The average molecular weight is 206 g/mol. The molecule has 3 nitrogen and oxygen atoms in total. The molecule has 0 spiro atoms. The summed E-state index contributed by atoms with van der Waals surface area (Å²) in [5, 5.41) is 0. The third-order valence-corrected chi connectivity index (χ3v) is 3.17. The molecule has 2 rings (SSSR count). The second-order valence-electron chi connectivity index (χ2n) is 4.06. The van der Waals surface area contributed by atoms with E-state index in [-0.39, 0.29) is 0 Å². The quantitative estimate of drug-likeness (QED) is 0.767. The topological polar surface area (TPSA) is 38.5 Å². The van der Waals surface area contributed by atoms with Gasteiger partial charge in [-0.15, -0.1) is 0 Å². The molecular weight excluding hydrogens is 188 g/mol. The molecular formula is C12H18N2O. The summed E-state index contributed by atoms with van der Waals surface area (Å²) in [5.41, 5.74) is 3.97. The van der Waals surface area contributed by atoms with Crippen molar-refractivity contribution in [3.8, 4) is 0 Å². The number of fused-ring (bicyclic) bond motifs is 1. The van der Waals surface area contributed by atoms with Crippen LogP contribution in [0.2, 0.25) is 0 Å². The molecule has 0 aromatic heterocycles. The molecule has 0 fully saturated rings. The van der Waals surface area contributed by atoms with E-state index in [1.807, 2.05) is 0 Å². The van der Waals surface area contributed by atoms with Gasteiger partial charge in [-0.05, 0) is 37.5 Å². The van der Waals surface area contributed by atoms with Gasteiger partial charge >= 0.3 is 0 Å². The number of rotatable bonds is 3. The van der Waals surface area contributed by atoms with Crippen molar-refractivity contribution in [1.82, 2.24) is 0 Å². The highest BCUT2D eigenvalue weighted by atomic mass is 16.6. The van der Waals surface area contributed by atoms with Crippen molar-refractivity contribution in [1.29, 1.82) is 0 Å². The predicted molar refractivity (Wildman–Crippen MR) is 61.6 cm³/mol. The van der Waals surface area contributed by atoms with E-state index in [0.717, 1.165) is 13.0 Å². The fraction of sp³-hybridized carbons (Fsp3) is 0.500. The van der Waals surface area contributed by atoms with Crippen molar-refractivity contribution in [2.45, 2.75) is 32.9 Å². The Morgan fingerprint density at radius 3 is 3.00 bits per heavy atom. The lowest BCUT2D eigenvalue weighted by atomic mass is 10.0. The Kier molecular flexibility index (Phi) is 2.93. The minimum atomic E-state index is 0.507. The van der Waals surface area contributed by atoms with Crippen LogP contribution >= 0.6 is 0 Å². The standard InChI is InChI=1S/C12H18N2O/c1-3-14-9(2)7-11-10(8-15-13)5-4-6-12(11)14/h4-6,9H,3,7-8,13H2,1-2H3. The number of hydrogen-bond acceptors (Lipinski definition) is 3. The van der Waals surface area contributed by atoms with E-state index in [4.69, 9.17) is 10.7 Å². The van der Waals surface area contributed by atoms with Crippen LogP contribution in [0.15, 0.2) is 18.2 Å². The van der Waals surface area contributed by atoms with Gasteiger partial charge in [0.25, 0.3) is 0 Å². The molecule has 0 saturated heterocycles. The number of hydrogen-bond donors (Lipinski definition) is 1.